The van der Waals surface area contributed by atoms with Crippen molar-refractivity contribution in [3.8, 4) is 5.75 Å². The monoisotopic (exact) mass is 360 g/mol. The number of rotatable bonds is 7. The number of benzene rings is 2. The molecular formula is C19H21ClN2O3. The number of carbonyl (C=O) groups is 2. The van der Waals surface area contributed by atoms with Gasteiger partial charge < -0.3 is 15.4 Å². The van der Waals surface area contributed by atoms with Crippen molar-refractivity contribution >= 4 is 23.4 Å². The largest absolute Gasteiger partial charge is 0.497 e. The number of hydrogen-bond donors (Lipinski definition) is 2. The zero-order valence-corrected chi connectivity index (χ0v) is 15.0. The normalized spacial score (nSPS) is 11.5. The van der Waals surface area contributed by atoms with Gasteiger partial charge >= 0.3 is 0 Å². The highest BCUT2D eigenvalue weighted by molar-refractivity contribution is 6.30. The molecule has 0 saturated heterocycles. The Morgan fingerprint density at radius 2 is 1.88 bits per heavy atom. The molecule has 2 aromatic carbocycles. The molecule has 0 heterocycles. The molecule has 6 heteroatoms. The highest BCUT2D eigenvalue weighted by Gasteiger charge is 2.17. The van der Waals surface area contributed by atoms with Crippen LogP contribution in [0, 0.1) is 0 Å². The molecule has 0 aliphatic carbocycles. The van der Waals surface area contributed by atoms with Crippen LogP contribution in [0.5, 0.6) is 5.75 Å². The van der Waals surface area contributed by atoms with Crippen molar-refractivity contribution in [2.75, 3.05) is 7.11 Å². The van der Waals surface area contributed by atoms with Crippen molar-refractivity contribution in [3.05, 3.63) is 64.7 Å². The second kappa shape index (κ2) is 9.08. The van der Waals surface area contributed by atoms with Crippen molar-refractivity contribution in [1.29, 1.82) is 0 Å². The quantitative estimate of drug-likeness (QED) is 0.796. The molecule has 132 valence electrons. The van der Waals surface area contributed by atoms with Crippen LogP contribution in [0.4, 0.5) is 0 Å². The summed E-state index contributed by atoms with van der Waals surface area (Å²) in [5, 5.41) is 6.28. The molecule has 0 bridgehead atoms. The minimum atomic E-state index is -0.400. The molecule has 0 aromatic heterocycles. The van der Waals surface area contributed by atoms with Crippen LogP contribution in [-0.2, 0) is 16.1 Å². The zero-order chi connectivity index (χ0) is 18.2. The van der Waals surface area contributed by atoms with E-state index in [4.69, 9.17) is 16.3 Å². The topological polar surface area (TPSA) is 67.4 Å². The molecule has 2 rings (SSSR count). The third-order valence-corrected chi connectivity index (χ3v) is 3.90. The first-order valence-corrected chi connectivity index (χ1v) is 8.28. The van der Waals surface area contributed by atoms with Gasteiger partial charge in [0.25, 0.3) is 0 Å². The molecule has 2 N–H and O–H groups in total. The fraction of sp³-hybridized carbons (Fsp3) is 0.263. The van der Waals surface area contributed by atoms with E-state index in [1.54, 1.807) is 31.4 Å². The van der Waals surface area contributed by atoms with Crippen LogP contribution in [-0.4, -0.2) is 18.9 Å². The van der Waals surface area contributed by atoms with E-state index in [0.717, 1.165) is 16.9 Å². The standard InChI is InChI=1S/C19H21ClN2O3/c1-13(23)22-18(15-6-8-17(25-2)9-7-15)11-19(24)21-12-14-4-3-5-16(20)10-14/h3-10,18H,11-12H2,1-2H3,(H,21,24)(H,22,23). The molecule has 0 aliphatic heterocycles. The molecule has 1 unspecified atom stereocenters. The van der Waals surface area contributed by atoms with Crippen LogP contribution in [0.25, 0.3) is 0 Å². The minimum absolute atomic E-state index is 0.145. The fourth-order valence-electron chi connectivity index (χ4n) is 2.44. The zero-order valence-electron chi connectivity index (χ0n) is 14.2. The van der Waals surface area contributed by atoms with Crippen LogP contribution in [0.15, 0.2) is 48.5 Å². The Kier molecular flexibility index (Phi) is 6.83. The lowest BCUT2D eigenvalue weighted by atomic mass is 10.0. The molecule has 0 radical (unpaired) electrons. The lowest BCUT2D eigenvalue weighted by Gasteiger charge is -2.18. The van der Waals surface area contributed by atoms with Crippen molar-refractivity contribution in [2.24, 2.45) is 0 Å². The lowest BCUT2D eigenvalue weighted by molar-refractivity contribution is -0.122. The summed E-state index contributed by atoms with van der Waals surface area (Å²) in [5.41, 5.74) is 1.76. The highest BCUT2D eigenvalue weighted by Crippen LogP contribution is 2.20. The maximum absolute atomic E-state index is 12.3. The van der Waals surface area contributed by atoms with Gasteiger partial charge in [-0.05, 0) is 35.4 Å². The number of ether oxygens (including phenoxy) is 1. The van der Waals surface area contributed by atoms with E-state index in [1.807, 2.05) is 24.3 Å². The lowest BCUT2D eigenvalue weighted by Crippen LogP contribution is -2.32. The van der Waals surface area contributed by atoms with Crippen molar-refractivity contribution in [2.45, 2.75) is 25.9 Å². The van der Waals surface area contributed by atoms with Gasteiger partial charge in [-0.15, -0.1) is 0 Å². The number of hydrogen-bond acceptors (Lipinski definition) is 3. The molecule has 0 fully saturated rings. The van der Waals surface area contributed by atoms with Gasteiger partial charge in [-0.2, -0.15) is 0 Å². The predicted molar refractivity (Wildman–Crippen MR) is 97.5 cm³/mol. The number of methoxy groups -OCH3 is 1. The molecular weight excluding hydrogens is 340 g/mol. The number of halogens is 1. The van der Waals surface area contributed by atoms with E-state index in [-0.39, 0.29) is 18.2 Å². The Balaban J connectivity index is 2.00. The third-order valence-electron chi connectivity index (χ3n) is 3.66. The first-order valence-electron chi connectivity index (χ1n) is 7.90. The number of nitrogens with one attached hydrogen (secondary N) is 2. The van der Waals surface area contributed by atoms with Crippen LogP contribution >= 0.6 is 11.6 Å². The number of carbonyl (C=O) groups excluding carboxylic acids is 2. The summed E-state index contributed by atoms with van der Waals surface area (Å²) in [5.74, 6) is 0.369. The van der Waals surface area contributed by atoms with Gasteiger partial charge in [-0.1, -0.05) is 35.9 Å². The molecule has 5 nitrogen and oxygen atoms in total. The van der Waals surface area contributed by atoms with E-state index in [0.29, 0.717) is 11.6 Å². The van der Waals surface area contributed by atoms with Gasteiger partial charge in [0, 0.05) is 18.5 Å². The Morgan fingerprint density at radius 3 is 2.48 bits per heavy atom. The van der Waals surface area contributed by atoms with E-state index < -0.39 is 6.04 Å². The second-order valence-corrected chi connectivity index (χ2v) is 6.07. The van der Waals surface area contributed by atoms with Crippen LogP contribution in [0.1, 0.15) is 30.5 Å². The van der Waals surface area contributed by atoms with Gasteiger partial charge in [0.15, 0.2) is 0 Å². The van der Waals surface area contributed by atoms with Gasteiger partial charge in [-0.25, -0.2) is 0 Å². The third kappa shape index (κ3) is 6.12. The first-order chi connectivity index (χ1) is 12.0. The Hall–Kier alpha value is -2.53. The first kappa shape index (κ1) is 18.8. The summed E-state index contributed by atoms with van der Waals surface area (Å²) in [7, 11) is 1.59. The molecule has 0 aliphatic rings. The van der Waals surface area contributed by atoms with Crippen molar-refractivity contribution < 1.29 is 14.3 Å². The minimum Gasteiger partial charge on any atom is -0.497 e. The van der Waals surface area contributed by atoms with Gasteiger partial charge in [0.05, 0.1) is 19.6 Å². The van der Waals surface area contributed by atoms with Crippen molar-refractivity contribution in [3.63, 3.8) is 0 Å². The Labute approximate surface area is 152 Å². The Bertz CT molecular complexity index is 732. The van der Waals surface area contributed by atoms with E-state index in [9.17, 15) is 9.59 Å². The molecule has 25 heavy (non-hydrogen) atoms. The summed E-state index contributed by atoms with van der Waals surface area (Å²) < 4.78 is 5.13. The van der Waals surface area contributed by atoms with Gasteiger partial charge in [0.2, 0.25) is 11.8 Å². The van der Waals surface area contributed by atoms with Crippen molar-refractivity contribution in [1.82, 2.24) is 10.6 Å². The second-order valence-electron chi connectivity index (χ2n) is 5.64. The average molecular weight is 361 g/mol. The Morgan fingerprint density at radius 1 is 1.16 bits per heavy atom. The summed E-state index contributed by atoms with van der Waals surface area (Å²) in [6.07, 6.45) is 0.145. The summed E-state index contributed by atoms with van der Waals surface area (Å²) >= 11 is 5.94. The fourth-order valence-corrected chi connectivity index (χ4v) is 2.65. The molecule has 2 amide bonds. The molecule has 1 atom stereocenters. The smallest absolute Gasteiger partial charge is 0.222 e. The van der Waals surface area contributed by atoms with E-state index in [2.05, 4.69) is 10.6 Å². The van der Waals surface area contributed by atoms with Crippen LogP contribution in [0.2, 0.25) is 5.02 Å². The summed E-state index contributed by atoms with van der Waals surface area (Å²) in [4.78, 5) is 23.7. The highest BCUT2D eigenvalue weighted by atomic mass is 35.5. The van der Waals surface area contributed by atoms with Crippen LogP contribution in [0.3, 0.4) is 0 Å². The maximum atomic E-state index is 12.3. The molecule has 2 aromatic rings. The molecule has 0 spiro atoms. The van der Waals surface area contributed by atoms with Gasteiger partial charge in [0.1, 0.15) is 5.75 Å². The number of amides is 2. The van der Waals surface area contributed by atoms with E-state index >= 15 is 0 Å². The van der Waals surface area contributed by atoms with E-state index in [1.165, 1.54) is 6.92 Å². The molecule has 0 saturated carbocycles. The van der Waals surface area contributed by atoms with Crippen LogP contribution < -0.4 is 15.4 Å². The van der Waals surface area contributed by atoms with Gasteiger partial charge in [-0.3, -0.25) is 9.59 Å². The predicted octanol–water partition coefficient (Wildman–Crippen LogP) is 3.23. The SMILES string of the molecule is COc1ccc(C(CC(=O)NCc2cccc(Cl)c2)NC(C)=O)cc1. The summed E-state index contributed by atoms with van der Waals surface area (Å²) in [6.45, 7) is 1.81. The summed E-state index contributed by atoms with van der Waals surface area (Å²) in [6, 6.07) is 14.2. The average Bonchev–Trinajstić information content (AvgIpc) is 2.59. The maximum Gasteiger partial charge on any atom is 0.222 e.